The first-order chi connectivity index (χ1) is 12.7. The van der Waals surface area contributed by atoms with Crippen LogP contribution in [0.3, 0.4) is 0 Å². The molecule has 0 fully saturated rings. The van der Waals surface area contributed by atoms with Gasteiger partial charge in [0.2, 0.25) is 0 Å². The van der Waals surface area contributed by atoms with Gasteiger partial charge in [-0.1, -0.05) is 18.2 Å². The van der Waals surface area contributed by atoms with Crippen LogP contribution in [0.4, 0.5) is 0 Å². The van der Waals surface area contributed by atoms with E-state index >= 15 is 0 Å². The van der Waals surface area contributed by atoms with Crippen molar-refractivity contribution in [1.29, 1.82) is 5.26 Å². The second kappa shape index (κ2) is 7.90. The average Bonchev–Trinajstić information content (AvgIpc) is 3.11. The Morgan fingerprint density at radius 2 is 2.08 bits per heavy atom. The summed E-state index contributed by atoms with van der Waals surface area (Å²) >= 11 is 0. The van der Waals surface area contributed by atoms with E-state index in [2.05, 4.69) is 10.1 Å². The average molecular weight is 344 g/mol. The molecule has 0 bridgehead atoms. The van der Waals surface area contributed by atoms with Gasteiger partial charge in [-0.3, -0.25) is 4.98 Å². The van der Waals surface area contributed by atoms with Crippen molar-refractivity contribution in [2.45, 2.75) is 6.92 Å². The number of hydrogen-bond acceptors (Lipinski definition) is 5. The molecule has 128 valence electrons. The Morgan fingerprint density at radius 3 is 2.73 bits per heavy atom. The number of rotatable bonds is 5. The van der Waals surface area contributed by atoms with E-state index < -0.39 is 5.97 Å². The van der Waals surface area contributed by atoms with Crippen LogP contribution in [-0.4, -0.2) is 27.3 Å². The van der Waals surface area contributed by atoms with Gasteiger partial charge in [-0.05, 0) is 37.3 Å². The Bertz CT molecular complexity index is 970. The number of pyridine rings is 1. The molecule has 1 aromatic carbocycles. The summed E-state index contributed by atoms with van der Waals surface area (Å²) in [5.41, 5.74) is 2.83. The lowest BCUT2D eigenvalue weighted by molar-refractivity contribution is -0.137. The Balaban J connectivity index is 2.12. The highest BCUT2D eigenvalue weighted by atomic mass is 16.5. The predicted molar refractivity (Wildman–Crippen MR) is 97.0 cm³/mol. The molecule has 2 aromatic heterocycles. The van der Waals surface area contributed by atoms with Crippen LogP contribution in [0.1, 0.15) is 12.5 Å². The highest BCUT2D eigenvalue weighted by Crippen LogP contribution is 2.25. The molecule has 0 unspecified atom stereocenters. The topological polar surface area (TPSA) is 80.8 Å². The Hall–Kier alpha value is -3.72. The van der Waals surface area contributed by atoms with Crippen LogP contribution >= 0.6 is 0 Å². The van der Waals surface area contributed by atoms with Crippen molar-refractivity contribution in [3.63, 3.8) is 0 Å². The molecule has 0 atom stereocenters. The quantitative estimate of drug-likeness (QED) is 0.402. The minimum Gasteiger partial charge on any atom is -0.462 e. The molecule has 3 rings (SSSR count). The number of esters is 1. The number of aromatic nitrogens is 3. The van der Waals surface area contributed by atoms with Crippen LogP contribution in [0.2, 0.25) is 0 Å². The molecule has 0 aliphatic heterocycles. The highest BCUT2D eigenvalue weighted by molar-refractivity contribution is 5.98. The molecule has 26 heavy (non-hydrogen) atoms. The zero-order chi connectivity index (χ0) is 18.4. The molecule has 0 aliphatic rings. The van der Waals surface area contributed by atoms with Gasteiger partial charge >= 0.3 is 5.97 Å². The number of carbonyl (C=O) groups is 1. The summed E-state index contributed by atoms with van der Waals surface area (Å²) in [7, 11) is 0. The third-order valence-electron chi connectivity index (χ3n) is 3.61. The Morgan fingerprint density at radius 1 is 1.27 bits per heavy atom. The first-order valence-corrected chi connectivity index (χ1v) is 8.07. The summed E-state index contributed by atoms with van der Waals surface area (Å²) < 4.78 is 6.64. The molecule has 0 amide bonds. The summed E-state index contributed by atoms with van der Waals surface area (Å²) in [4.78, 5) is 16.1. The van der Waals surface area contributed by atoms with Crippen molar-refractivity contribution >= 4 is 12.0 Å². The molecule has 0 saturated heterocycles. The van der Waals surface area contributed by atoms with Crippen LogP contribution in [0.25, 0.3) is 23.0 Å². The number of nitriles is 1. The van der Waals surface area contributed by atoms with E-state index in [4.69, 9.17) is 4.74 Å². The number of ether oxygens (including phenoxy) is 1. The van der Waals surface area contributed by atoms with E-state index in [1.54, 1.807) is 36.3 Å². The van der Waals surface area contributed by atoms with E-state index in [1.807, 2.05) is 42.5 Å². The van der Waals surface area contributed by atoms with Crippen LogP contribution < -0.4 is 0 Å². The number of nitrogens with zero attached hydrogens (tertiary/aromatic N) is 4. The van der Waals surface area contributed by atoms with Gasteiger partial charge in [0.05, 0.1) is 12.3 Å². The van der Waals surface area contributed by atoms with Crippen LogP contribution in [0.15, 0.2) is 66.6 Å². The van der Waals surface area contributed by atoms with Crippen molar-refractivity contribution < 1.29 is 9.53 Å². The second-order valence-corrected chi connectivity index (χ2v) is 5.35. The Labute approximate surface area is 151 Å². The lowest BCUT2D eigenvalue weighted by atomic mass is 10.1. The number of para-hydroxylation sites is 1. The molecule has 3 aromatic rings. The van der Waals surface area contributed by atoms with E-state index in [0.29, 0.717) is 11.3 Å². The molecule has 0 radical (unpaired) electrons. The fourth-order valence-electron chi connectivity index (χ4n) is 2.43. The van der Waals surface area contributed by atoms with Gasteiger partial charge in [0.1, 0.15) is 17.3 Å². The van der Waals surface area contributed by atoms with Crippen LogP contribution in [0, 0.1) is 11.3 Å². The first kappa shape index (κ1) is 17.1. The minimum absolute atomic E-state index is 0.0791. The molecule has 6 heteroatoms. The third-order valence-corrected chi connectivity index (χ3v) is 3.61. The smallest absolute Gasteiger partial charge is 0.348 e. The van der Waals surface area contributed by atoms with Gasteiger partial charge in [-0.15, -0.1) is 0 Å². The monoisotopic (exact) mass is 344 g/mol. The third kappa shape index (κ3) is 3.68. The zero-order valence-electron chi connectivity index (χ0n) is 14.2. The van der Waals surface area contributed by atoms with Crippen LogP contribution in [0.5, 0.6) is 0 Å². The maximum atomic E-state index is 12.0. The fraction of sp³-hybridized carbons (Fsp3) is 0.100. The van der Waals surface area contributed by atoms with Gasteiger partial charge in [-0.25, -0.2) is 9.48 Å². The summed E-state index contributed by atoms with van der Waals surface area (Å²) in [5.74, 6) is -0.653. The maximum Gasteiger partial charge on any atom is 0.348 e. The largest absolute Gasteiger partial charge is 0.462 e. The van der Waals surface area contributed by atoms with Crippen molar-refractivity contribution in [2.24, 2.45) is 0 Å². The number of hydrogen-bond donors (Lipinski definition) is 0. The fourth-order valence-corrected chi connectivity index (χ4v) is 2.43. The molecule has 0 spiro atoms. The summed E-state index contributed by atoms with van der Waals surface area (Å²) in [5, 5.41) is 13.9. The van der Waals surface area contributed by atoms with Gasteiger partial charge in [-0.2, -0.15) is 10.4 Å². The summed E-state index contributed by atoms with van der Waals surface area (Å²) in [6, 6.07) is 15.2. The Kier molecular flexibility index (Phi) is 5.20. The molecular formula is C20H16N4O2. The van der Waals surface area contributed by atoms with E-state index in [0.717, 1.165) is 11.3 Å². The van der Waals surface area contributed by atoms with Gasteiger partial charge < -0.3 is 4.74 Å². The molecule has 0 aliphatic carbocycles. The number of benzene rings is 1. The van der Waals surface area contributed by atoms with Crippen LogP contribution in [-0.2, 0) is 9.53 Å². The van der Waals surface area contributed by atoms with Crippen molar-refractivity contribution in [3.8, 4) is 23.0 Å². The molecule has 2 heterocycles. The zero-order valence-corrected chi connectivity index (χ0v) is 14.2. The standard InChI is InChI=1S/C20H16N4O2/c1-2-26-20(25)16(12-21)11-17-14-24(18-8-4-3-5-9-18)23-19(17)15-7-6-10-22-13-15/h3-11,13-14H,2H2,1H3. The van der Waals surface area contributed by atoms with Crippen molar-refractivity contribution in [2.75, 3.05) is 6.61 Å². The lowest BCUT2D eigenvalue weighted by Gasteiger charge is -2.00. The first-order valence-electron chi connectivity index (χ1n) is 8.07. The lowest BCUT2D eigenvalue weighted by Crippen LogP contribution is -2.06. The predicted octanol–water partition coefficient (Wildman–Crippen LogP) is 3.40. The molecule has 0 N–H and O–H groups in total. The van der Waals surface area contributed by atoms with Crippen molar-refractivity contribution in [3.05, 3.63) is 72.2 Å². The van der Waals surface area contributed by atoms with Gasteiger partial charge in [0, 0.05) is 29.7 Å². The van der Waals surface area contributed by atoms with E-state index in [-0.39, 0.29) is 12.2 Å². The maximum absolute atomic E-state index is 12.0. The molecule has 0 saturated carbocycles. The summed E-state index contributed by atoms with van der Waals surface area (Å²) in [6.07, 6.45) is 6.62. The normalized spacial score (nSPS) is 11.0. The highest BCUT2D eigenvalue weighted by Gasteiger charge is 2.15. The van der Waals surface area contributed by atoms with Crippen molar-refractivity contribution in [1.82, 2.24) is 14.8 Å². The SMILES string of the molecule is CCOC(=O)C(C#N)=Cc1cn(-c2ccccc2)nc1-c1cccnc1. The van der Waals surface area contributed by atoms with Gasteiger partial charge in [0.15, 0.2) is 0 Å². The van der Waals surface area contributed by atoms with E-state index in [1.165, 1.54) is 6.08 Å². The minimum atomic E-state index is -0.653. The second-order valence-electron chi connectivity index (χ2n) is 5.35. The van der Waals surface area contributed by atoms with Gasteiger partial charge in [0.25, 0.3) is 0 Å². The molecule has 6 nitrogen and oxygen atoms in total. The molecular weight excluding hydrogens is 328 g/mol. The summed E-state index contributed by atoms with van der Waals surface area (Å²) in [6.45, 7) is 1.90. The number of carbonyl (C=O) groups excluding carboxylic acids is 1. The van der Waals surface area contributed by atoms with E-state index in [9.17, 15) is 10.1 Å².